The summed E-state index contributed by atoms with van der Waals surface area (Å²) in [5, 5.41) is 11.6. The number of non-ortho nitro benzene ring substituents is 1. The third-order valence-corrected chi connectivity index (χ3v) is 4.14. The molecule has 0 unspecified atom stereocenters. The molecule has 0 spiro atoms. The van der Waals surface area contributed by atoms with Gasteiger partial charge in [0.05, 0.1) is 15.5 Å². The number of carbonyl (C=O) groups excluding carboxylic acids is 1. The van der Waals surface area contributed by atoms with Crippen LogP contribution in [0.4, 0.5) is 11.4 Å². The van der Waals surface area contributed by atoms with Crippen LogP contribution < -0.4 is 4.90 Å². The molecule has 2 aromatic rings. The Morgan fingerprint density at radius 3 is 2.68 bits per heavy atom. The lowest BCUT2D eigenvalue weighted by Crippen LogP contribution is -2.29. The van der Waals surface area contributed by atoms with Crippen LogP contribution in [0.2, 0.25) is 10.0 Å². The lowest BCUT2D eigenvalue weighted by atomic mass is 10.1. The number of nitrogens with zero attached hydrogens (tertiary/aromatic N) is 2. The Bertz CT molecular complexity index is 792. The van der Waals surface area contributed by atoms with E-state index in [-0.39, 0.29) is 11.6 Å². The minimum absolute atomic E-state index is 0.0221. The van der Waals surface area contributed by atoms with E-state index in [1.54, 1.807) is 23.1 Å². The highest BCUT2D eigenvalue weighted by atomic mass is 35.5. The van der Waals surface area contributed by atoms with Gasteiger partial charge < -0.3 is 4.90 Å². The van der Waals surface area contributed by atoms with E-state index < -0.39 is 4.92 Å². The maximum absolute atomic E-state index is 12.7. The van der Waals surface area contributed by atoms with Gasteiger partial charge in [0.2, 0.25) is 0 Å². The van der Waals surface area contributed by atoms with Gasteiger partial charge in [-0.3, -0.25) is 14.9 Å². The zero-order valence-corrected chi connectivity index (χ0v) is 12.8. The number of fused-ring (bicyclic) bond motifs is 1. The van der Waals surface area contributed by atoms with Crippen LogP contribution in [-0.4, -0.2) is 17.4 Å². The van der Waals surface area contributed by atoms with Crippen molar-refractivity contribution in [2.45, 2.75) is 6.42 Å². The van der Waals surface area contributed by atoms with Crippen molar-refractivity contribution < 1.29 is 9.72 Å². The molecule has 7 heteroatoms. The number of halogens is 2. The third kappa shape index (κ3) is 2.53. The van der Waals surface area contributed by atoms with E-state index in [1.807, 2.05) is 0 Å². The first kappa shape index (κ1) is 14.8. The van der Waals surface area contributed by atoms with Gasteiger partial charge in [-0.15, -0.1) is 0 Å². The summed E-state index contributed by atoms with van der Waals surface area (Å²) in [7, 11) is 0. The van der Waals surface area contributed by atoms with E-state index in [0.29, 0.717) is 34.3 Å². The molecular weight excluding hydrogens is 327 g/mol. The van der Waals surface area contributed by atoms with Crippen molar-refractivity contribution in [3.63, 3.8) is 0 Å². The van der Waals surface area contributed by atoms with Crippen molar-refractivity contribution in [2.75, 3.05) is 11.4 Å². The molecule has 1 amide bonds. The number of nitro groups is 1. The topological polar surface area (TPSA) is 63.5 Å². The summed E-state index contributed by atoms with van der Waals surface area (Å²) in [6.45, 7) is 0.457. The van der Waals surface area contributed by atoms with Gasteiger partial charge in [0, 0.05) is 29.4 Å². The van der Waals surface area contributed by atoms with E-state index in [2.05, 4.69) is 0 Å². The number of hydrogen-bond donors (Lipinski definition) is 0. The van der Waals surface area contributed by atoms with Gasteiger partial charge in [-0.25, -0.2) is 0 Å². The number of nitro benzene ring substituents is 1. The quantitative estimate of drug-likeness (QED) is 0.612. The van der Waals surface area contributed by atoms with Crippen molar-refractivity contribution in [1.82, 2.24) is 0 Å². The highest BCUT2D eigenvalue weighted by Crippen LogP contribution is 2.33. The van der Waals surface area contributed by atoms with Crippen LogP contribution in [-0.2, 0) is 6.42 Å². The number of rotatable bonds is 2. The van der Waals surface area contributed by atoms with Gasteiger partial charge in [-0.1, -0.05) is 23.2 Å². The number of hydrogen-bond acceptors (Lipinski definition) is 3. The largest absolute Gasteiger partial charge is 0.308 e. The number of benzene rings is 2. The van der Waals surface area contributed by atoms with Gasteiger partial charge in [0.15, 0.2) is 0 Å². The molecule has 0 saturated carbocycles. The highest BCUT2D eigenvalue weighted by molar-refractivity contribution is 6.36. The van der Waals surface area contributed by atoms with E-state index in [1.165, 1.54) is 18.2 Å². The molecule has 0 bridgehead atoms. The van der Waals surface area contributed by atoms with Crippen LogP contribution in [0.5, 0.6) is 0 Å². The van der Waals surface area contributed by atoms with Crippen molar-refractivity contribution in [2.24, 2.45) is 0 Å². The Balaban J connectivity index is 1.97. The normalized spacial score (nSPS) is 13.1. The van der Waals surface area contributed by atoms with E-state index in [4.69, 9.17) is 23.2 Å². The van der Waals surface area contributed by atoms with Crippen LogP contribution >= 0.6 is 23.2 Å². The summed E-state index contributed by atoms with van der Waals surface area (Å²) in [4.78, 5) is 24.6. The molecule has 112 valence electrons. The molecule has 1 aliphatic heterocycles. The highest BCUT2D eigenvalue weighted by Gasteiger charge is 2.28. The number of carbonyl (C=O) groups is 1. The molecule has 1 heterocycles. The van der Waals surface area contributed by atoms with Gasteiger partial charge >= 0.3 is 0 Å². The predicted molar refractivity (Wildman–Crippen MR) is 84.9 cm³/mol. The Morgan fingerprint density at radius 1 is 1.18 bits per heavy atom. The summed E-state index contributed by atoms with van der Waals surface area (Å²) in [5.41, 5.74) is 1.79. The molecule has 0 fully saturated rings. The number of anilines is 1. The predicted octanol–water partition coefficient (Wildman–Crippen LogP) is 4.10. The molecule has 0 aliphatic carbocycles. The molecule has 0 radical (unpaired) electrons. The molecule has 5 nitrogen and oxygen atoms in total. The standard InChI is InChI=1S/C15H10Cl2N2O3/c16-10-1-3-13(17)12(8-10)15(20)18-6-5-9-7-11(19(21)22)2-4-14(9)18/h1-4,7-8H,5-6H2. The Kier molecular flexibility index (Phi) is 3.76. The zero-order valence-electron chi connectivity index (χ0n) is 11.3. The molecule has 0 aromatic heterocycles. The monoisotopic (exact) mass is 336 g/mol. The molecule has 0 saturated heterocycles. The lowest BCUT2D eigenvalue weighted by molar-refractivity contribution is -0.384. The van der Waals surface area contributed by atoms with Gasteiger partial charge in [0.1, 0.15) is 0 Å². The maximum atomic E-state index is 12.7. The number of amides is 1. The van der Waals surface area contributed by atoms with Gasteiger partial charge in [-0.05, 0) is 36.2 Å². The molecule has 2 aromatic carbocycles. The minimum atomic E-state index is -0.446. The van der Waals surface area contributed by atoms with Crippen molar-refractivity contribution in [1.29, 1.82) is 0 Å². The van der Waals surface area contributed by atoms with Gasteiger partial charge in [-0.2, -0.15) is 0 Å². The molecule has 0 N–H and O–H groups in total. The molecular formula is C15H10Cl2N2O3. The summed E-state index contributed by atoms with van der Waals surface area (Å²) in [5.74, 6) is -0.264. The second kappa shape index (κ2) is 5.59. The molecule has 0 atom stereocenters. The summed E-state index contributed by atoms with van der Waals surface area (Å²) in [6.07, 6.45) is 0.570. The second-order valence-electron chi connectivity index (χ2n) is 4.90. The van der Waals surface area contributed by atoms with Crippen LogP contribution in [0.3, 0.4) is 0 Å². The Labute approximate surface area is 136 Å². The summed E-state index contributed by atoms with van der Waals surface area (Å²) in [6, 6.07) is 9.20. The van der Waals surface area contributed by atoms with E-state index in [9.17, 15) is 14.9 Å². The van der Waals surface area contributed by atoms with Crippen molar-refractivity contribution in [3.05, 3.63) is 67.7 Å². The fraction of sp³-hybridized carbons (Fsp3) is 0.133. The van der Waals surface area contributed by atoms with Crippen LogP contribution in [0.25, 0.3) is 0 Å². The minimum Gasteiger partial charge on any atom is -0.308 e. The zero-order chi connectivity index (χ0) is 15.9. The van der Waals surface area contributed by atoms with E-state index >= 15 is 0 Å². The molecule has 3 rings (SSSR count). The van der Waals surface area contributed by atoms with Gasteiger partial charge in [0.25, 0.3) is 11.6 Å². The summed E-state index contributed by atoms with van der Waals surface area (Å²) < 4.78 is 0. The fourth-order valence-corrected chi connectivity index (χ4v) is 2.89. The smallest absolute Gasteiger partial charge is 0.269 e. The molecule has 1 aliphatic rings. The summed E-state index contributed by atoms with van der Waals surface area (Å²) >= 11 is 12.0. The first-order valence-corrected chi connectivity index (χ1v) is 7.27. The first-order valence-electron chi connectivity index (χ1n) is 6.51. The average Bonchev–Trinajstić information content (AvgIpc) is 2.92. The van der Waals surface area contributed by atoms with Crippen molar-refractivity contribution in [3.8, 4) is 0 Å². The van der Waals surface area contributed by atoms with Crippen LogP contribution in [0.1, 0.15) is 15.9 Å². The first-order chi connectivity index (χ1) is 10.5. The lowest BCUT2D eigenvalue weighted by Gasteiger charge is -2.18. The third-order valence-electron chi connectivity index (χ3n) is 3.57. The molecule has 22 heavy (non-hydrogen) atoms. The van der Waals surface area contributed by atoms with Crippen LogP contribution in [0, 0.1) is 10.1 Å². The second-order valence-corrected chi connectivity index (χ2v) is 5.74. The van der Waals surface area contributed by atoms with Crippen LogP contribution in [0.15, 0.2) is 36.4 Å². The SMILES string of the molecule is O=C(c1cc(Cl)ccc1Cl)N1CCc2cc([N+](=O)[O-])ccc21. The maximum Gasteiger partial charge on any atom is 0.269 e. The Hall–Kier alpha value is -2.11. The Morgan fingerprint density at radius 2 is 1.95 bits per heavy atom. The van der Waals surface area contributed by atoms with E-state index in [0.717, 1.165) is 5.56 Å². The fourth-order valence-electron chi connectivity index (χ4n) is 2.52. The van der Waals surface area contributed by atoms with Crippen molar-refractivity contribution >= 4 is 40.5 Å². The average molecular weight is 337 g/mol.